The summed E-state index contributed by atoms with van der Waals surface area (Å²) >= 11 is 0. The fourth-order valence-electron chi connectivity index (χ4n) is 1.90. The number of aryl methyl sites for hydroxylation is 2. The molecule has 0 amide bonds. The minimum Gasteiger partial charge on any atom is -0.0683 e. The summed E-state index contributed by atoms with van der Waals surface area (Å²) in [6.07, 6.45) is 0. The van der Waals surface area contributed by atoms with Crippen LogP contribution in [0.25, 0.3) is 0 Å². The number of hydrogen-bond donors (Lipinski definition) is 0. The number of rotatable bonds is 2. The van der Waals surface area contributed by atoms with Crippen LogP contribution < -0.4 is 0 Å². The minimum absolute atomic E-state index is 0.473. The maximum absolute atomic E-state index is 2.26. The summed E-state index contributed by atoms with van der Waals surface area (Å²) in [7, 11) is 0. The number of hydrogen-bond acceptors (Lipinski definition) is 0. The second-order valence-electron chi connectivity index (χ2n) is 4.54. The molecule has 0 heteroatoms. The molecule has 0 spiro atoms. The van der Waals surface area contributed by atoms with E-state index in [1.165, 1.54) is 22.3 Å². The summed E-state index contributed by atoms with van der Waals surface area (Å²) in [5.41, 5.74) is 5.41. The van der Waals surface area contributed by atoms with Crippen LogP contribution in [0.15, 0.2) is 48.5 Å². The van der Waals surface area contributed by atoms with Crippen molar-refractivity contribution in [3.8, 4) is 0 Å². The predicted molar refractivity (Wildman–Crippen MR) is 81.2 cm³/mol. The fraction of sp³-hybridized carbons (Fsp3) is 0.333. The molecule has 0 saturated heterocycles. The molecule has 0 unspecified atom stereocenters. The Hall–Kier alpha value is -1.56. The zero-order valence-corrected chi connectivity index (χ0v) is 12.2. The van der Waals surface area contributed by atoms with Crippen molar-refractivity contribution >= 4 is 0 Å². The van der Waals surface area contributed by atoms with Crippen LogP contribution in [-0.4, -0.2) is 0 Å². The van der Waals surface area contributed by atoms with Gasteiger partial charge in [0.25, 0.3) is 0 Å². The summed E-state index contributed by atoms with van der Waals surface area (Å²) < 4.78 is 0. The molecule has 96 valence electrons. The Bertz CT molecular complexity index is 403. The van der Waals surface area contributed by atoms with Gasteiger partial charge in [0.1, 0.15) is 0 Å². The van der Waals surface area contributed by atoms with Crippen LogP contribution in [-0.2, 0) is 0 Å². The smallest absolute Gasteiger partial charge is 0.00610 e. The number of benzene rings is 2. The maximum Gasteiger partial charge on any atom is 0.00610 e. The van der Waals surface area contributed by atoms with Gasteiger partial charge in [0.2, 0.25) is 0 Å². The Kier molecular flexibility index (Phi) is 5.64. The predicted octanol–water partition coefficient (Wildman–Crippen LogP) is 5.48. The highest BCUT2D eigenvalue weighted by molar-refractivity contribution is 5.34. The van der Waals surface area contributed by atoms with E-state index in [9.17, 15) is 0 Å². The molecule has 2 rings (SSSR count). The van der Waals surface area contributed by atoms with Gasteiger partial charge in [-0.1, -0.05) is 80.4 Å². The van der Waals surface area contributed by atoms with Gasteiger partial charge in [0, 0.05) is 5.92 Å². The van der Waals surface area contributed by atoms with Crippen molar-refractivity contribution in [3.05, 3.63) is 70.8 Å². The highest BCUT2D eigenvalue weighted by Crippen LogP contribution is 2.24. The van der Waals surface area contributed by atoms with Gasteiger partial charge in [-0.25, -0.2) is 0 Å². The Morgan fingerprint density at radius 2 is 0.889 bits per heavy atom. The topological polar surface area (TPSA) is 0 Å². The largest absolute Gasteiger partial charge is 0.0683 e. The summed E-state index contributed by atoms with van der Waals surface area (Å²) in [4.78, 5) is 0. The Morgan fingerprint density at radius 3 is 1.17 bits per heavy atom. The molecule has 0 nitrogen and oxygen atoms in total. The SMILES string of the molecule is CC.Cc1ccc(C(C)c2ccc(C)cc2)cc1. The third-order valence-corrected chi connectivity index (χ3v) is 3.15. The van der Waals surface area contributed by atoms with E-state index in [4.69, 9.17) is 0 Å². The van der Waals surface area contributed by atoms with Crippen LogP contribution >= 0.6 is 0 Å². The Morgan fingerprint density at radius 1 is 0.611 bits per heavy atom. The van der Waals surface area contributed by atoms with Gasteiger partial charge in [0.15, 0.2) is 0 Å². The lowest BCUT2D eigenvalue weighted by molar-refractivity contribution is 0.920. The van der Waals surface area contributed by atoms with Crippen LogP contribution in [0.3, 0.4) is 0 Å². The second kappa shape index (κ2) is 7.00. The molecule has 0 radical (unpaired) electrons. The van der Waals surface area contributed by atoms with Crippen molar-refractivity contribution in [1.29, 1.82) is 0 Å². The van der Waals surface area contributed by atoms with E-state index in [0.717, 1.165) is 0 Å². The highest BCUT2D eigenvalue weighted by Gasteiger charge is 2.07. The molecule has 0 atom stereocenters. The fourth-order valence-corrected chi connectivity index (χ4v) is 1.90. The summed E-state index contributed by atoms with van der Waals surface area (Å²) in [5.74, 6) is 0.473. The van der Waals surface area contributed by atoms with Gasteiger partial charge in [-0.2, -0.15) is 0 Å². The normalized spacial score (nSPS) is 9.89. The van der Waals surface area contributed by atoms with E-state index in [1.807, 2.05) is 13.8 Å². The molecule has 2 aromatic rings. The van der Waals surface area contributed by atoms with Gasteiger partial charge in [-0.3, -0.25) is 0 Å². The first kappa shape index (κ1) is 14.5. The molecule has 2 aromatic carbocycles. The monoisotopic (exact) mass is 240 g/mol. The maximum atomic E-state index is 2.26. The molecule has 0 bridgehead atoms. The Balaban J connectivity index is 0.000000771. The van der Waals surface area contributed by atoms with Gasteiger partial charge in [0.05, 0.1) is 0 Å². The molecule has 18 heavy (non-hydrogen) atoms. The van der Waals surface area contributed by atoms with Gasteiger partial charge in [-0.05, 0) is 25.0 Å². The van der Waals surface area contributed by atoms with Crippen LogP contribution in [0, 0.1) is 13.8 Å². The van der Waals surface area contributed by atoms with E-state index in [1.54, 1.807) is 0 Å². The summed E-state index contributed by atoms with van der Waals surface area (Å²) in [5, 5.41) is 0. The first-order valence-electron chi connectivity index (χ1n) is 6.80. The van der Waals surface area contributed by atoms with Gasteiger partial charge < -0.3 is 0 Å². The van der Waals surface area contributed by atoms with Gasteiger partial charge >= 0.3 is 0 Å². The third-order valence-electron chi connectivity index (χ3n) is 3.15. The average molecular weight is 240 g/mol. The van der Waals surface area contributed by atoms with Crippen LogP contribution in [0.1, 0.15) is 48.9 Å². The average Bonchev–Trinajstić information content (AvgIpc) is 2.42. The van der Waals surface area contributed by atoms with Crippen molar-refractivity contribution in [2.75, 3.05) is 0 Å². The van der Waals surface area contributed by atoms with E-state index in [0.29, 0.717) is 5.92 Å². The van der Waals surface area contributed by atoms with Crippen LogP contribution in [0.4, 0.5) is 0 Å². The van der Waals surface area contributed by atoms with E-state index in [2.05, 4.69) is 69.3 Å². The van der Waals surface area contributed by atoms with E-state index >= 15 is 0 Å². The molecule has 0 N–H and O–H groups in total. The summed E-state index contributed by atoms with van der Waals surface area (Å²) in [6.45, 7) is 10.5. The minimum atomic E-state index is 0.473. The third kappa shape index (κ3) is 3.73. The molecule has 0 saturated carbocycles. The molecule has 0 fully saturated rings. The molecule has 0 aliphatic carbocycles. The molecular formula is C18H24. The molecule has 0 aliphatic rings. The molecule has 0 heterocycles. The van der Waals surface area contributed by atoms with E-state index < -0.39 is 0 Å². The van der Waals surface area contributed by atoms with Crippen LogP contribution in [0.5, 0.6) is 0 Å². The first-order valence-corrected chi connectivity index (χ1v) is 6.80. The quantitative estimate of drug-likeness (QED) is 0.652. The van der Waals surface area contributed by atoms with Crippen molar-refractivity contribution in [3.63, 3.8) is 0 Å². The summed E-state index contributed by atoms with van der Waals surface area (Å²) in [6, 6.07) is 17.6. The zero-order chi connectivity index (χ0) is 13.5. The first-order chi connectivity index (χ1) is 8.66. The Labute approximate surface area is 112 Å². The highest BCUT2D eigenvalue weighted by atomic mass is 14.1. The van der Waals surface area contributed by atoms with Crippen molar-refractivity contribution in [2.24, 2.45) is 0 Å². The second-order valence-corrected chi connectivity index (χ2v) is 4.54. The zero-order valence-electron chi connectivity index (χ0n) is 12.2. The lowest BCUT2D eigenvalue weighted by Gasteiger charge is -2.12. The van der Waals surface area contributed by atoms with Crippen molar-refractivity contribution < 1.29 is 0 Å². The molecule has 0 aromatic heterocycles. The lowest BCUT2D eigenvalue weighted by atomic mass is 9.92. The molecule has 0 aliphatic heterocycles. The standard InChI is InChI=1S/C16H18.C2H6/c1-12-4-8-15(9-5-12)14(3)16-10-6-13(2)7-11-16;1-2/h4-11,14H,1-3H3;1-2H3. The lowest BCUT2D eigenvalue weighted by Crippen LogP contribution is -1.95. The van der Waals surface area contributed by atoms with Crippen molar-refractivity contribution in [2.45, 2.75) is 40.5 Å². The van der Waals surface area contributed by atoms with Crippen molar-refractivity contribution in [1.82, 2.24) is 0 Å². The van der Waals surface area contributed by atoms with E-state index in [-0.39, 0.29) is 0 Å². The van der Waals surface area contributed by atoms with Crippen LogP contribution in [0.2, 0.25) is 0 Å². The molecular weight excluding hydrogens is 216 g/mol. The van der Waals surface area contributed by atoms with Gasteiger partial charge in [-0.15, -0.1) is 0 Å².